The third kappa shape index (κ3) is 4.44. The summed E-state index contributed by atoms with van der Waals surface area (Å²) in [4.78, 5) is 32.4. The topological polar surface area (TPSA) is 100.0 Å². The van der Waals surface area contributed by atoms with Crippen LogP contribution in [0.2, 0.25) is 5.02 Å². The maximum atomic E-state index is 14.1. The molecular formula is C28H26ClFN2O5. The number of carbonyl (C=O) groups is 2. The molecule has 2 aliphatic rings. The second-order valence-electron chi connectivity index (χ2n) is 9.19. The summed E-state index contributed by atoms with van der Waals surface area (Å²) in [7, 11) is 0. The number of amides is 2. The SMILES string of the molecule is [2H]C([2H])(O)C1(C([2H])([2H])O[C@]2(c3ccc(F)cc3)c3c(Cc4ccc(Cl)cn4)cccc3C(=O)N2C(=O)C(C)O)CC1. The molecule has 2 N–H and O–H groups in total. The van der Waals surface area contributed by atoms with E-state index < -0.39 is 48.0 Å². The van der Waals surface area contributed by atoms with Crippen molar-refractivity contribution < 1.29 is 34.4 Å². The van der Waals surface area contributed by atoms with Crippen LogP contribution in [0.1, 0.15) is 58.0 Å². The molecule has 9 heteroatoms. The van der Waals surface area contributed by atoms with Gasteiger partial charge in [0.1, 0.15) is 11.9 Å². The van der Waals surface area contributed by atoms with Crippen LogP contribution in [0.15, 0.2) is 60.8 Å². The summed E-state index contributed by atoms with van der Waals surface area (Å²) >= 11 is 5.99. The Kier molecular flexibility index (Phi) is 5.41. The molecule has 37 heavy (non-hydrogen) atoms. The minimum Gasteiger partial charge on any atom is -0.396 e. The number of aliphatic hydroxyl groups excluding tert-OH is 1. The van der Waals surface area contributed by atoms with Crippen molar-refractivity contribution >= 4 is 23.4 Å². The Morgan fingerprint density at radius 1 is 1.24 bits per heavy atom. The fraction of sp³-hybridized carbons (Fsp3) is 0.321. The number of rotatable bonds is 8. The Labute approximate surface area is 224 Å². The van der Waals surface area contributed by atoms with E-state index in [-0.39, 0.29) is 36.0 Å². The first-order valence-corrected chi connectivity index (χ1v) is 12.0. The third-order valence-corrected chi connectivity index (χ3v) is 6.79. The van der Waals surface area contributed by atoms with Crippen molar-refractivity contribution in [3.05, 3.63) is 99.6 Å². The van der Waals surface area contributed by atoms with Gasteiger partial charge in [-0.25, -0.2) is 9.29 Å². The maximum Gasteiger partial charge on any atom is 0.263 e. The van der Waals surface area contributed by atoms with E-state index in [1.54, 1.807) is 24.3 Å². The van der Waals surface area contributed by atoms with Crippen LogP contribution < -0.4 is 0 Å². The maximum absolute atomic E-state index is 14.1. The molecular weight excluding hydrogens is 499 g/mol. The number of carbonyl (C=O) groups excluding carboxylic acids is 2. The number of halogens is 2. The summed E-state index contributed by atoms with van der Waals surface area (Å²) in [6, 6.07) is 12.4. The van der Waals surface area contributed by atoms with Gasteiger partial charge >= 0.3 is 0 Å². The van der Waals surface area contributed by atoms with Crippen LogP contribution in [0.25, 0.3) is 0 Å². The van der Waals surface area contributed by atoms with Gasteiger partial charge in [-0.05, 0) is 55.7 Å². The van der Waals surface area contributed by atoms with Crippen molar-refractivity contribution in [3.8, 4) is 0 Å². The molecule has 5 rings (SSSR count). The molecule has 2 aromatic carbocycles. The van der Waals surface area contributed by atoms with Gasteiger partial charge in [-0.15, -0.1) is 0 Å². The number of fused-ring (bicyclic) bond motifs is 1. The highest BCUT2D eigenvalue weighted by Gasteiger charge is 2.58. The van der Waals surface area contributed by atoms with E-state index in [2.05, 4.69) is 4.98 Å². The van der Waals surface area contributed by atoms with Crippen molar-refractivity contribution in [2.45, 2.75) is 38.0 Å². The fourth-order valence-electron chi connectivity index (χ4n) is 4.49. The molecule has 0 bridgehead atoms. The minimum absolute atomic E-state index is 0.0327. The molecule has 1 fully saturated rings. The molecule has 0 spiro atoms. The first-order chi connectivity index (χ1) is 19.1. The number of pyridine rings is 1. The Balaban J connectivity index is 1.82. The molecule has 2 atom stereocenters. The number of ether oxygens (including phenoxy) is 1. The molecule has 0 saturated heterocycles. The van der Waals surface area contributed by atoms with E-state index in [9.17, 15) is 24.2 Å². The first-order valence-electron chi connectivity index (χ1n) is 13.6. The fourth-order valence-corrected chi connectivity index (χ4v) is 4.60. The summed E-state index contributed by atoms with van der Waals surface area (Å²) in [5.41, 5.74) is -3.59. The summed E-state index contributed by atoms with van der Waals surface area (Å²) in [5, 5.41) is 21.1. The molecule has 1 aromatic heterocycles. The third-order valence-electron chi connectivity index (χ3n) is 6.57. The standard InChI is InChI=1S/C28H26ClFN2O5/c1-17(34)25(35)32-26(36)23-4-2-3-18(13-22-10-7-20(29)14-31-22)24(23)28(32,19-5-8-21(30)9-6-19)37-16-27(15-33)11-12-27/h2-10,14,17,33-34H,11-13,15-16H2,1H3/t17?,28-/m1/s1/i15D2,16D2. The Hall–Kier alpha value is -3.17. The highest BCUT2D eigenvalue weighted by molar-refractivity contribution is 6.30. The highest BCUT2D eigenvalue weighted by Crippen LogP contribution is 2.52. The van der Waals surface area contributed by atoms with Crippen molar-refractivity contribution in [1.29, 1.82) is 0 Å². The molecule has 3 aromatic rings. The Morgan fingerprint density at radius 2 is 1.97 bits per heavy atom. The highest BCUT2D eigenvalue weighted by atomic mass is 35.5. The van der Waals surface area contributed by atoms with E-state index >= 15 is 0 Å². The van der Waals surface area contributed by atoms with Crippen LogP contribution in [0, 0.1) is 11.2 Å². The number of hydrogen-bond donors (Lipinski definition) is 2. The smallest absolute Gasteiger partial charge is 0.263 e. The number of aromatic nitrogens is 1. The lowest BCUT2D eigenvalue weighted by molar-refractivity contribution is -0.166. The quantitative estimate of drug-likeness (QED) is 0.461. The van der Waals surface area contributed by atoms with E-state index in [1.165, 1.54) is 24.4 Å². The Bertz CT molecular complexity index is 1510. The van der Waals surface area contributed by atoms with Crippen LogP contribution in [0.5, 0.6) is 0 Å². The van der Waals surface area contributed by atoms with Gasteiger partial charge in [0.05, 0.1) is 23.6 Å². The zero-order valence-electron chi connectivity index (χ0n) is 23.7. The monoisotopic (exact) mass is 528 g/mol. The molecule has 1 unspecified atom stereocenters. The van der Waals surface area contributed by atoms with E-state index in [4.69, 9.17) is 21.8 Å². The van der Waals surface area contributed by atoms with Gasteiger partial charge in [-0.3, -0.25) is 14.6 Å². The Morgan fingerprint density at radius 3 is 2.57 bits per heavy atom. The van der Waals surface area contributed by atoms with Crippen LogP contribution in [-0.4, -0.2) is 51.1 Å². The molecule has 192 valence electrons. The van der Waals surface area contributed by atoms with E-state index in [0.717, 1.165) is 19.1 Å². The molecule has 1 saturated carbocycles. The largest absolute Gasteiger partial charge is 0.396 e. The van der Waals surface area contributed by atoms with Crippen LogP contribution >= 0.6 is 11.6 Å². The second-order valence-corrected chi connectivity index (χ2v) is 9.62. The first kappa shape index (κ1) is 20.8. The van der Waals surface area contributed by atoms with Gasteiger partial charge in [0, 0.05) is 40.4 Å². The molecule has 0 radical (unpaired) electrons. The van der Waals surface area contributed by atoms with Gasteiger partial charge in [-0.2, -0.15) is 0 Å². The van der Waals surface area contributed by atoms with Crippen molar-refractivity contribution in [2.75, 3.05) is 13.1 Å². The number of hydrogen-bond acceptors (Lipinski definition) is 6. The normalized spacial score (nSPS) is 22.9. The van der Waals surface area contributed by atoms with Crippen LogP contribution in [0.4, 0.5) is 4.39 Å². The lowest BCUT2D eigenvalue weighted by atomic mass is 9.87. The van der Waals surface area contributed by atoms with Gasteiger partial charge in [0.25, 0.3) is 11.8 Å². The predicted molar refractivity (Wildman–Crippen MR) is 133 cm³/mol. The molecule has 2 heterocycles. The minimum atomic E-state index is -3.03. The van der Waals surface area contributed by atoms with Crippen LogP contribution in [0.3, 0.4) is 0 Å². The predicted octanol–water partition coefficient (Wildman–Crippen LogP) is 3.82. The average molecular weight is 529 g/mol. The number of benzene rings is 2. The van der Waals surface area contributed by atoms with Gasteiger partial charge in [0.15, 0.2) is 0 Å². The lowest BCUT2D eigenvalue weighted by Gasteiger charge is -2.40. The molecule has 2 amide bonds. The lowest BCUT2D eigenvalue weighted by Crippen LogP contribution is -2.53. The van der Waals surface area contributed by atoms with Crippen LogP contribution in [-0.2, 0) is 21.7 Å². The second kappa shape index (κ2) is 9.61. The number of aliphatic hydroxyl groups is 2. The summed E-state index contributed by atoms with van der Waals surface area (Å²) in [6.45, 7) is -4.88. The zero-order valence-corrected chi connectivity index (χ0v) is 20.5. The summed E-state index contributed by atoms with van der Waals surface area (Å²) in [6.07, 6.45) is -0.416. The average Bonchev–Trinajstić information content (AvgIpc) is 3.69. The molecule has 7 nitrogen and oxygen atoms in total. The van der Waals surface area contributed by atoms with E-state index in [0.29, 0.717) is 21.2 Å². The van der Waals surface area contributed by atoms with E-state index in [1.807, 2.05) is 0 Å². The van der Waals surface area contributed by atoms with Crippen molar-refractivity contribution in [2.24, 2.45) is 5.41 Å². The summed E-state index contributed by atoms with van der Waals surface area (Å²) in [5.74, 6) is -2.69. The van der Waals surface area contributed by atoms with Crippen molar-refractivity contribution in [3.63, 3.8) is 0 Å². The molecule has 1 aliphatic carbocycles. The zero-order chi connectivity index (χ0) is 30.0. The molecule has 1 aliphatic heterocycles. The van der Waals surface area contributed by atoms with Gasteiger partial charge in [-0.1, -0.05) is 35.9 Å². The van der Waals surface area contributed by atoms with Gasteiger partial charge in [0.2, 0.25) is 5.72 Å². The number of nitrogens with zero attached hydrogens (tertiary/aromatic N) is 2. The number of imide groups is 1. The van der Waals surface area contributed by atoms with Crippen molar-refractivity contribution in [1.82, 2.24) is 9.88 Å². The van der Waals surface area contributed by atoms with Gasteiger partial charge < -0.3 is 14.9 Å². The summed E-state index contributed by atoms with van der Waals surface area (Å²) < 4.78 is 54.1.